The monoisotopic (exact) mass is 373 g/mol. The molecule has 3 rings (SSSR count). The van der Waals surface area contributed by atoms with Gasteiger partial charge >= 0.3 is 0 Å². The van der Waals surface area contributed by atoms with Gasteiger partial charge in [-0.2, -0.15) is 0 Å². The summed E-state index contributed by atoms with van der Waals surface area (Å²) in [7, 11) is 0. The van der Waals surface area contributed by atoms with Crippen LogP contribution in [0, 0.1) is 0 Å². The van der Waals surface area contributed by atoms with Crippen LogP contribution in [0.15, 0.2) is 30.3 Å². The number of hydrogen-bond donors (Lipinski definition) is 1. The van der Waals surface area contributed by atoms with Crippen LogP contribution >= 0.6 is 34.8 Å². The molecule has 1 heterocycles. The maximum atomic E-state index is 10.1. The number of hydrogen-bond acceptors (Lipinski definition) is 4. The van der Waals surface area contributed by atoms with Crippen molar-refractivity contribution < 1.29 is 14.6 Å². The molecule has 0 unspecified atom stereocenters. The molecule has 2 aromatic carbocycles. The predicted molar refractivity (Wildman–Crippen MR) is 92.7 cm³/mol. The second kappa shape index (κ2) is 7.05. The van der Waals surface area contributed by atoms with Crippen LogP contribution in [-0.4, -0.2) is 31.4 Å². The summed E-state index contributed by atoms with van der Waals surface area (Å²) in [5.41, 5.74) is 0.785. The van der Waals surface area contributed by atoms with Crippen molar-refractivity contribution in [2.45, 2.75) is 0 Å². The minimum Gasteiger partial charge on any atom is -0.504 e. The summed E-state index contributed by atoms with van der Waals surface area (Å²) >= 11 is 18.2. The maximum Gasteiger partial charge on any atom is 0.171 e. The van der Waals surface area contributed by atoms with E-state index in [2.05, 4.69) is 4.90 Å². The van der Waals surface area contributed by atoms with Gasteiger partial charge in [-0.25, -0.2) is 0 Å². The normalized spacial score (nSPS) is 14.8. The summed E-state index contributed by atoms with van der Waals surface area (Å²) < 4.78 is 11.1. The summed E-state index contributed by atoms with van der Waals surface area (Å²) in [6.45, 7) is 2.73. The number of benzene rings is 2. The molecular formula is C16H14Cl3NO3. The van der Waals surface area contributed by atoms with Crippen molar-refractivity contribution >= 4 is 40.5 Å². The van der Waals surface area contributed by atoms with Crippen LogP contribution in [0.2, 0.25) is 15.1 Å². The third-order valence-corrected chi connectivity index (χ3v) is 4.33. The molecule has 4 nitrogen and oxygen atoms in total. The number of aromatic hydroxyl groups is 1. The lowest BCUT2D eigenvalue weighted by Gasteiger charge is -2.30. The molecule has 7 heteroatoms. The van der Waals surface area contributed by atoms with Crippen LogP contribution in [0.1, 0.15) is 0 Å². The Labute approximate surface area is 149 Å². The van der Waals surface area contributed by atoms with E-state index in [0.717, 1.165) is 18.8 Å². The van der Waals surface area contributed by atoms with E-state index in [4.69, 9.17) is 44.3 Å². The van der Waals surface area contributed by atoms with Gasteiger partial charge in [0.25, 0.3) is 0 Å². The number of anilines is 1. The maximum absolute atomic E-state index is 10.1. The van der Waals surface area contributed by atoms with E-state index in [-0.39, 0.29) is 11.5 Å². The van der Waals surface area contributed by atoms with E-state index < -0.39 is 0 Å². The zero-order valence-corrected chi connectivity index (χ0v) is 14.3. The van der Waals surface area contributed by atoms with E-state index in [1.165, 1.54) is 6.07 Å². The van der Waals surface area contributed by atoms with Crippen LogP contribution in [0.5, 0.6) is 17.2 Å². The topological polar surface area (TPSA) is 41.9 Å². The number of phenols is 1. The molecule has 122 valence electrons. The lowest BCUT2D eigenvalue weighted by atomic mass is 10.2. The van der Waals surface area contributed by atoms with Crippen LogP contribution in [-0.2, 0) is 4.74 Å². The highest BCUT2D eigenvalue weighted by molar-refractivity contribution is 6.35. The number of phenolic OH excluding ortho intramolecular Hbond substituents is 1. The Bertz CT molecular complexity index is 718. The molecule has 0 radical (unpaired) electrons. The zero-order valence-electron chi connectivity index (χ0n) is 12.1. The van der Waals surface area contributed by atoms with Gasteiger partial charge in [0, 0.05) is 30.2 Å². The average molecular weight is 375 g/mol. The SMILES string of the molecule is Oc1cc(Cl)c(N2CCOCC2)cc1Oc1ccc(Cl)cc1Cl. The van der Waals surface area contributed by atoms with E-state index in [0.29, 0.717) is 34.0 Å². The molecule has 1 aliphatic heterocycles. The van der Waals surface area contributed by atoms with Gasteiger partial charge in [-0.1, -0.05) is 34.8 Å². The summed E-state index contributed by atoms with van der Waals surface area (Å²) in [5.74, 6) is 0.625. The van der Waals surface area contributed by atoms with Crippen molar-refractivity contribution in [2.24, 2.45) is 0 Å². The number of rotatable bonds is 3. The van der Waals surface area contributed by atoms with Crippen molar-refractivity contribution in [3.8, 4) is 17.2 Å². The zero-order chi connectivity index (χ0) is 16.4. The molecule has 1 N–H and O–H groups in total. The Morgan fingerprint density at radius 3 is 2.39 bits per heavy atom. The first-order chi connectivity index (χ1) is 11.0. The molecule has 0 amide bonds. The fourth-order valence-corrected chi connectivity index (χ4v) is 3.06. The third kappa shape index (κ3) is 3.78. The molecule has 23 heavy (non-hydrogen) atoms. The standard InChI is InChI=1S/C16H14Cl3NO3/c17-10-1-2-15(12(19)7-10)23-16-9-13(11(18)8-14(16)21)20-3-5-22-6-4-20/h1-2,7-9,21H,3-6H2. The van der Waals surface area contributed by atoms with E-state index in [1.807, 2.05) is 0 Å². The van der Waals surface area contributed by atoms with Crippen molar-refractivity contribution in [1.29, 1.82) is 0 Å². The Balaban J connectivity index is 1.92. The van der Waals surface area contributed by atoms with Gasteiger partial charge in [0.15, 0.2) is 11.5 Å². The van der Waals surface area contributed by atoms with Crippen LogP contribution < -0.4 is 9.64 Å². The number of halogens is 3. The number of ether oxygens (including phenoxy) is 2. The molecular weight excluding hydrogens is 361 g/mol. The lowest BCUT2D eigenvalue weighted by Crippen LogP contribution is -2.36. The highest BCUT2D eigenvalue weighted by Gasteiger charge is 2.18. The molecule has 0 aromatic heterocycles. The van der Waals surface area contributed by atoms with Crippen LogP contribution in [0.3, 0.4) is 0 Å². The fraction of sp³-hybridized carbons (Fsp3) is 0.250. The van der Waals surface area contributed by atoms with Gasteiger partial charge in [-0.3, -0.25) is 0 Å². The van der Waals surface area contributed by atoms with Crippen molar-refractivity contribution in [2.75, 3.05) is 31.2 Å². The third-order valence-electron chi connectivity index (χ3n) is 3.49. The van der Waals surface area contributed by atoms with Crippen molar-refractivity contribution in [3.63, 3.8) is 0 Å². The smallest absolute Gasteiger partial charge is 0.171 e. The number of morpholine rings is 1. The molecule has 1 saturated heterocycles. The first-order valence-corrected chi connectivity index (χ1v) is 8.16. The van der Waals surface area contributed by atoms with E-state index >= 15 is 0 Å². The summed E-state index contributed by atoms with van der Waals surface area (Å²) in [6.07, 6.45) is 0. The first kappa shape index (κ1) is 16.5. The van der Waals surface area contributed by atoms with E-state index in [1.54, 1.807) is 24.3 Å². The van der Waals surface area contributed by atoms with Gasteiger partial charge in [-0.05, 0) is 18.2 Å². The van der Waals surface area contributed by atoms with Crippen LogP contribution in [0.4, 0.5) is 5.69 Å². The van der Waals surface area contributed by atoms with Gasteiger partial charge in [0.05, 0.1) is 28.9 Å². The second-order valence-electron chi connectivity index (χ2n) is 5.05. The molecule has 0 bridgehead atoms. The average Bonchev–Trinajstić information content (AvgIpc) is 2.53. The Hall–Kier alpha value is -1.33. The minimum absolute atomic E-state index is 0.0574. The second-order valence-corrected chi connectivity index (χ2v) is 6.30. The summed E-state index contributed by atoms with van der Waals surface area (Å²) in [4.78, 5) is 2.08. The first-order valence-electron chi connectivity index (χ1n) is 7.02. The molecule has 1 fully saturated rings. The fourth-order valence-electron chi connectivity index (χ4n) is 2.34. The van der Waals surface area contributed by atoms with E-state index in [9.17, 15) is 5.11 Å². The lowest BCUT2D eigenvalue weighted by molar-refractivity contribution is 0.122. The van der Waals surface area contributed by atoms with Crippen molar-refractivity contribution in [3.05, 3.63) is 45.4 Å². The summed E-state index contributed by atoms with van der Waals surface area (Å²) in [5, 5.41) is 11.4. The highest BCUT2D eigenvalue weighted by atomic mass is 35.5. The largest absolute Gasteiger partial charge is 0.504 e. The molecule has 2 aromatic rings. The van der Waals surface area contributed by atoms with Crippen LogP contribution in [0.25, 0.3) is 0 Å². The van der Waals surface area contributed by atoms with Gasteiger partial charge in [0.1, 0.15) is 5.75 Å². The highest BCUT2D eigenvalue weighted by Crippen LogP contribution is 2.41. The Morgan fingerprint density at radius 1 is 0.957 bits per heavy atom. The predicted octanol–water partition coefficient (Wildman–Crippen LogP) is 4.98. The summed E-state index contributed by atoms with van der Waals surface area (Å²) in [6, 6.07) is 8.06. The Kier molecular flexibility index (Phi) is 5.07. The minimum atomic E-state index is -0.0574. The quantitative estimate of drug-likeness (QED) is 0.822. The van der Waals surface area contributed by atoms with Gasteiger partial charge in [0.2, 0.25) is 0 Å². The molecule has 0 spiro atoms. The van der Waals surface area contributed by atoms with Gasteiger partial charge in [-0.15, -0.1) is 0 Å². The van der Waals surface area contributed by atoms with Crippen molar-refractivity contribution in [1.82, 2.24) is 0 Å². The molecule has 0 aliphatic carbocycles. The molecule has 0 atom stereocenters. The molecule has 1 aliphatic rings. The Morgan fingerprint density at radius 2 is 1.70 bits per heavy atom. The van der Waals surface area contributed by atoms with Gasteiger partial charge < -0.3 is 19.5 Å². The molecule has 0 saturated carbocycles. The number of nitrogens with zero attached hydrogens (tertiary/aromatic N) is 1.